The maximum atomic E-state index is 13.3. The number of rotatable bonds is 8. The van der Waals surface area contributed by atoms with Crippen molar-refractivity contribution >= 4 is 33.7 Å². The number of ether oxygens (including phenoxy) is 2. The van der Waals surface area contributed by atoms with Crippen molar-refractivity contribution in [1.29, 1.82) is 0 Å². The molecular weight excluding hydrogens is 464 g/mol. The van der Waals surface area contributed by atoms with Crippen LogP contribution in [0.2, 0.25) is 0 Å². The second-order valence-electron chi connectivity index (χ2n) is 7.14. The molecule has 31 heavy (non-hydrogen) atoms. The van der Waals surface area contributed by atoms with Crippen LogP contribution in [0.1, 0.15) is 35.7 Å². The summed E-state index contributed by atoms with van der Waals surface area (Å²) in [5.41, 5.74) is 1.20. The van der Waals surface area contributed by atoms with E-state index in [0.29, 0.717) is 31.0 Å². The molecule has 0 aromatic heterocycles. The van der Waals surface area contributed by atoms with E-state index in [9.17, 15) is 14.4 Å². The molecule has 1 fully saturated rings. The van der Waals surface area contributed by atoms with Gasteiger partial charge in [-0.25, -0.2) is 0 Å². The molecule has 0 aliphatic carbocycles. The Bertz CT molecular complexity index is 935. The second kappa shape index (κ2) is 10.9. The van der Waals surface area contributed by atoms with Gasteiger partial charge in [0.25, 0.3) is 5.91 Å². The van der Waals surface area contributed by atoms with Crippen LogP contribution in [-0.4, -0.2) is 48.4 Å². The lowest BCUT2D eigenvalue weighted by Crippen LogP contribution is -2.57. The third kappa shape index (κ3) is 6.07. The fourth-order valence-electron chi connectivity index (χ4n) is 3.28. The average Bonchev–Trinajstić information content (AvgIpc) is 2.78. The van der Waals surface area contributed by atoms with Gasteiger partial charge >= 0.3 is 5.97 Å². The van der Waals surface area contributed by atoms with Crippen molar-refractivity contribution in [3.05, 3.63) is 64.1 Å². The topological polar surface area (TPSA) is 84.9 Å². The first-order valence-electron chi connectivity index (χ1n) is 10.2. The summed E-state index contributed by atoms with van der Waals surface area (Å²) < 4.78 is 11.8. The standard InChI is InChI=1S/C23H25BrN2O5/c1-2-12-30-20-9-8-17(24)13-18(20)23(29)26-11-10-25-22(28)19(26)14-21(27)31-15-16-6-4-3-5-7-16/h3-9,13,19H,2,10-12,14-15H2,1H3,(H,25,28)/t19-/m0/s1. The first-order chi connectivity index (χ1) is 15.0. The van der Waals surface area contributed by atoms with Gasteiger partial charge < -0.3 is 19.7 Å². The Morgan fingerprint density at radius 2 is 1.97 bits per heavy atom. The van der Waals surface area contributed by atoms with Crippen LogP contribution >= 0.6 is 15.9 Å². The fourth-order valence-corrected chi connectivity index (χ4v) is 3.64. The molecule has 1 heterocycles. The van der Waals surface area contributed by atoms with Gasteiger partial charge in [0, 0.05) is 17.6 Å². The van der Waals surface area contributed by atoms with E-state index in [1.54, 1.807) is 18.2 Å². The van der Waals surface area contributed by atoms with Crippen LogP contribution in [0.15, 0.2) is 53.0 Å². The summed E-state index contributed by atoms with van der Waals surface area (Å²) in [6.07, 6.45) is 0.579. The highest BCUT2D eigenvalue weighted by Crippen LogP contribution is 2.26. The molecule has 0 saturated carbocycles. The van der Waals surface area contributed by atoms with Gasteiger partial charge in [0.1, 0.15) is 18.4 Å². The van der Waals surface area contributed by atoms with Gasteiger partial charge in [-0.1, -0.05) is 53.2 Å². The smallest absolute Gasteiger partial charge is 0.308 e. The van der Waals surface area contributed by atoms with Crippen LogP contribution in [0, 0.1) is 0 Å². The van der Waals surface area contributed by atoms with Gasteiger partial charge in [-0.2, -0.15) is 0 Å². The molecule has 2 aromatic rings. The highest BCUT2D eigenvalue weighted by atomic mass is 79.9. The minimum Gasteiger partial charge on any atom is -0.493 e. The number of hydrogen-bond donors (Lipinski definition) is 1. The van der Waals surface area contributed by atoms with E-state index in [0.717, 1.165) is 16.5 Å². The Kier molecular flexibility index (Phi) is 8.06. The Morgan fingerprint density at radius 1 is 1.19 bits per heavy atom. The zero-order valence-corrected chi connectivity index (χ0v) is 18.9. The van der Waals surface area contributed by atoms with Crippen molar-refractivity contribution in [2.75, 3.05) is 19.7 Å². The largest absolute Gasteiger partial charge is 0.493 e. The van der Waals surface area contributed by atoms with E-state index in [4.69, 9.17) is 9.47 Å². The quantitative estimate of drug-likeness (QED) is 0.576. The van der Waals surface area contributed by atoms with Crippen molar-refractivity contribution in [2.24, 2.45) is 0 Å². The predicted molar refractivity (Wildman–Crippen MR) is 119 cm³/mol. The number of nitrogens with zero attached hydrogens (tertiary/aromatic N) is 1. The van der Waals surface area contributed by atoms with Crippen LogP contribution in [0.25, 0.3) is 0 Å². The van der Waals surface area contributed by atoms with E-state index in [1.807, 2.05) is 37.3 Å². The van der Waals surface area contributed by atoms with Gasteiger partial charge in [0.2, 0.25) is 5.91 Å². The third-order valence-corrected chi connectivity index (χ3v) is 5.32. The van der Waals surface area contributed by atoms with Crippen LogP contribution in [-0.2, 0) is 20.9 Å². The Hall–Kier alpha value is -2.87. The number of nitrogens with one attached hydrogen (secondary N) is 1. The molecule has 1 atom stereocenters. The average molecular weight is 489 g/mol. The van der Waals surface area contributed by atoms with E-state index < -0.39 is 12.0 Å². The minimum absolute atomic E-state index is 0.114. The predicted octanol–water partition coefficient (Wildman–Crippen LogP) is 3.31. The van der Waals surface area contributed by atoms with Crippen molar-refractivity contribution in [2.45, 2.75) is 32.4 Å². The van der Waals surface area contributed by atoms with Crippen molar-refractivity contribution in [3.8, 4) is 5.75 Å². The third-order valence-electron chi connectivity index (χ3n) is 4.83. The number of halogens is 1. The summed E-state index contributed by atoms with van der Waals surface area (Å²) >= 11 is 3.39. The van der Waals surface area contributed by atoms with Crippen molar-refractivity contribution in [3.63, 3.8) is 0 Å². The SMILES string of the molecule is CCCOc1ccc(Br)cc1C(=O)N1CCNC(=O)[C@@H]1CC(=O)OCc1ccccc1. The molecular formula is C23H25BrN2O5. The minimum atomic E-state index is -0.942. The molecule has 1 aliphatic heterocycles. The summed E-state index contributed by atoms with van der Waals surface area (Å²) in [6.45, 7) is 3.17. The molecule has 2 aromatic carbocycles. The first kappa shape index (κ1) is 22.8. The molecule has 1 aliphatic rings. The molecule has 0 radical (unpaired) electrons. The highest BCUT2D eigenvalue weighted by molar-refractivity contribution is 9.10. The highest BCUT2D eigenvalue weighted by Gasteiger charge is 2.36. The number of carbonyl (C=O) groups is 3. The van der Waals surface area contributed by atoms with Crippen LogP contribution in [0.5, 0.6) is 5.75 Å². The van der Waals surface area contributed by atoms with Crippen LogP contribution in [0.4, 0.5) is 0 Å². The summed E-state index contributed by atoms with van der Waals surface area (Å²) in [5, 5.41) is 2.73. The lowest BCUT2D eigenvalue weighted by Gasteiger charge is -2.35. The lowest BCUT2D eigenvalue weighted by atomic mass is 10.1. The summed E-state index contributed by atoms with van der Waals surface area (Å²) in [5.74, 6) is -0.822. The monoisotopic (exact) mass is 488 g/mol. The van der Waals surface area contributed by atoms with Gasteiger partial charge in [-0.05, 0) is 30.2 Å². The summed E-state index contributed by atoms with van der Waals surface area (Å²) in [6, 6.07) is 13.5. The summed E-state index contributed by atoms with van der Waals surface area (Å²) in [4.78, 5) is 39.7. The van der Waals surface area contributed by atoms with E-state index >= 15 is 0 Å². The molecule has 3 rings (SSSR count). The zero-order chi connectivity index (χ0) is 22.2. The molecule has 1 N–H and O–H groups in total. The van der Waals surface area contributed by atoms with Gasteiger partial charge in [-0.15, -0.1) is 0 Å². The van der Waals surface area contributed by atoms with Gasteiger partial charge in [0.15, 0.2) is 0 Å². The van der Waals surface area contributed by atoms with Crippen molar-refractivity contribution < 1.29 is 23.9 Å². The second-order valence-corrected chi connectivity index (χ2v) is 8.06. The van der Waals surface area contributed by atoms with Crippen LogP contribution in [0.3, 0.4) is 0 Å². The Balaban J connectivity index is 1.74. The van der Waals surface area contributed by atoms with E-state index in [2.05, 4.69) is 21.2 Å². The first-order valence-corrected chi connectivity index (χ1v) is 11.0. The lowest BCUT2D eigenvalue weighted by molar-refractivity contribution is -0.148. The molecule has 0 unspecified atom stereocenters. The molecule has 0 spiro atoms. The fraction of sp³-hybridized carbons (Fsp3) is 0.348. The van der Waals surface area contributed by atoms with E-state index in [-0.39, 0.29) is 24.8 Å². The number of amides is 2. The normalized spacial score (nSPS) is 15.9. The van der Waals surface area contributed by atoms with E-state index in [1.165, 1.54) is 4.90 Å². The van der Waals surface area contributed by atoms with Gasteiger partial charge in [0.05, 0.1) is 18.6 Å². The Labute approximate surface area is 189 Å². The molecule has 7 nitrogen and oxygen atoms in total. The number of hydrogen-bond acceptors (Lipinski definition) is 5. The number of esters is 1. The number of benzene rings is 2. The maximum Gasteiger partial charge on any atom is 0.308 e. The molecule has 0 bridgehead atoms. The Morgan fingerprint density at radius 3 is 2.71 bits per heavy atom. The molecule has 1 saturated heterocycles. The van der Waals surface area contributed by atoms with Crippen molar-refractivity contribution in [1.82, 2.24) is 10.2 Å². The number of piperazine rings is 1. The molecule has 164 valence electrons. The maximum absolute atomic E-state index is 13.3. The number of carbonyl (C=O) groups excluding carboxylic acids is 3. The zero-order valence-electron chi connectivity index (χ0n) is 17.3. The van der Waals surface area contributed by atoms with Crippen LogP contribution < -0.4 is 10.1 Å². The van der Waals surface area contributed by atoms with Gasteiger partial charge in [-0.3, -0.25) is 14.4 Å². The molecule has 2 amide bonds. The molecule has 8 heteroatoms. The summed E-state index contributed by atoms with van der Waals surface area (Å²) in [7, 11) is 0.